The molecule has 21 heavy (non-hydrogen) atoms. The van der Waals surface area contributed by atoms with Crippen LogP contribution in [-0.4, -0.2) is 35.8 Å². The number of hydrogen-bond donors (Lipinski definition) is 1. The first-order valence-corrected chi connectivity index (χ1v) is 6.58. The van der Waals surface area contributed by atoms with E-state index in [1.165, 1.54) is 0 Å². The summed E-state index contributed by atoms with van der Waals surface area (Å²) in [5, 5.41) is 2.35. The normalized spacial score (nSPS) is 17.2. The number of rotatable bonds is 4. The number of carbonyl (C=O) groups is 3. The van der Waals surface area contributed by atoms with Crippen LogP contribution in [0.15, 0.2) is 11.8 Å². The smallest absolute Gasteiger partial charge is 0.408 e. The molecule has 0 saturated carbocycles. The number of hydrogen-bond acceptors (Lipinski definition) is 6. The molecule has 0 spiro atoms. The molecule has 1 N–H and O–H groups in total. The van der Waals surface area contributed by atoms with Gasteiger partial charge < -0.3 is 19.5 Å². The molecule has 0 aliphatic carbocycles. The highest BCUT2D eigenvalue weighted by atomic mass is 16.7. The van der Waals surface area contributed by atoms with Crippen molar-refractivity contribution in [3.05, 3.63) is 11.8 Å². The number of esters is 1. The first-order valence-electron chi connectivity index (χ1n) is 6.58. The molecule has 0 atom stereocenters. The second-order valence-corrected chi connectivity index (χ2v) is 6.10. The number of ketones is 1. The van der Waals surface area contributed by atoms with Gasteiger partial charge in [-0.05, 0) is 20.8 Å². The second kappa shape index (κ2) is 6.15. The molecule has 0 unspecified atom stereocenters. The van der Waals surface area contributed by atoms with Gasteiger partial charge in [0, 0.05) is 13.8 Å². The maximum atomic E-state index is 11.8. The Morgan fingerprint density at radius 2 is 1.90 bits per heavy atom. The van der Waals surface area contributed by atoms with Crippen LogP contribution >= 0.6 is 0 Å². The van der Waals surface area contributed by atoms with Crippen LogP contribution in [0.3, 0.4) is 0 Å². The number of cyclic esters (lactones) is 1. The maximum absolute atomic E-state index is 11.8. The Bertz CT molecular complexity index is 472. The van der Waals surface area contributed by atoms with Crippen molar-refractivity contribution < 1.29 is 28.6 Å². The molecule has 0 fully saturated rings. The standard InChI is InChI=1S/C14H21NO6/c1-13(2,3)21-12(18)15-8-9(16)6-10-7-11(17)20-14(4,5)19-10/h7H,6,8H2,1-5H3,(H,15,18). The SMILES string of the molecule is CC(C)(C)OC(=O)NCC(=O)CC1=CC(=O)OC(C)(C)O1. The molecule has 0 bridgehead atoms. The predicted molar refractivity (Wildman–Crippen MR) is 73.2 cm³/mol. The molecule has 0 radical (unpaired) electrons. The van der Waals surface area contributed by atoms with E-state index < -0.39 is 23.5 Å². The minimum atomic E-state index is -1.10. The summed E-state index contributed by atoms with van der Waals surface area (Å²) in [5.41, 5.74) is -0.629. The van der Waals surface area contributed by atoms with Crippen LogP contribution in [0.5, 0.6) is 0 Å². The highest BCUT2D eigenvalue weighted by molar-refractivity contribution is 5.88. The molecule has 118 valence electrons. The van der Waals surface area contributed by atoms with Crippen LogP contribution in [0.4, 0.5) is 4.79 Å². The van der Waals surface area contributed by atoms with E-state index >= 15 is 0 Å². The third kappa shape index (κ3) is 6.78. The number of allylic oxidation sites excluding steroid dienone is 1. The van der Waals surface area contributed by atoms with E-state index in [1.54, 1.807) is 34.6 Å². The largest absolute Gasteiger partial charge is 0.456 e. The molecule has 0 aromatic carbocycles. The average Bonchev–Trinajstić information content (AvgIpc) is 2.20. The highest BCUT2D eigenvalue weighted by Crippen LogP contribution is 2.23. The van der Waals surface area contributed by atoms with Crippen LogP contribution in [0, 0.1) is 0 Å². The van der Waals surface area contributed by atoms with Gasteiger partial charge in [0.05, 0.1) is 19.0 Å². The molecule has 1 aliphatic heterocycles. The molecule has 0 aromatic rings. The lowest BCUT2D eigenvalue weighted by molar-refractivity contribution is -0.205. The molecule has 1 rings (SSSR count). The number of nitrogens with one attached hydrogen (secondary N) is 1. The van der Waals surface area contributed by atoms with Gasteiger partial charge in [0.1, 0.15) is 11.4 Å². The van der Waals surface area contributed by atoms with Gasteiger partial charge in [0.25, 0.3) is 0 Å². The molecule has 1 amide bonds. The van der Waals surface area contributed by atoms with Crippen LogP contribution in [0.2, 0.25) is 0 Å². The van der Waals surface area contributed by atoms with Crippen LogP contribution in [-0.2, 0) is 23.8 Å². The second-order valence-electron chi connectivity index (χ2n) is 6.10. The van der Waals surface area contributed by atoms with Crippen molar-refractivity contribution >= 4 is 17.8 Å². The Labute approximate surface area is 123 Å². The monoisotopic (exact) mass is 299 g/mol. The van der Waals surface area contributed by atoms with Crippen LogP contribution < -0.4 is 5.32 Å². The van der Waals surface area contributed by atoms with E-state index in [0.717, 1.165) is 6.08 Å². The number of carbonyl (C=O) groups excluding carboxylic acids is 3. The lowest BCUT2D eigenvalue weighted by atomic mass is 10.2. The Hall–Kier alpha value is -2.05. The van der Waals surface area contributed by atoms with Gasteiger partial charge in [-0.1, -0.05) is 0 Å². The summed E-state index contributed by atoms with van der Waals surface area (Å²) in [4.78, 5) is 34.5. The van der Waals surface area contributed by atoms with Crippen molar-refractivity contribution in [3.63, 3.8) is 0 Å². The average molecular weight is 299 g/mol. The van der Waals surface area contributed by atoms with Gasteiger partial charge in [-0.3, -0.25) is 4.79 Å². The van der Waals surface area contributed by atoms with Crippen LogP contribution in [0.1, 0.15) is 41.0 Å². The summed E-state index contributed by atoms with van der Waals surface area (Å²) in [6.45, 7) is 8.11. The topological polar surface area (TPSA) is 90.9 Å². The van der Waals surface area contributed by atoms with E-state index in [0.29, 0.717) is 0 Å². The quantitative estimate of drug-likeness (QED) is 0.794. The van der Waals surface area contributed by atoms with E-state index in [9.17, 15) is 14.4 Å². The summed E-state index contributed by atoms with van der Waals surface area (Å²) in [7, 11) is 0. The lowest BCUT2D eigenvalue weighted by Gasteiger charge is -2.30. The van der Waals surface area contributed by atoms with E-state index in [1.807, 2.05) is 0 Å². The minimum absolute atomic E-state index is 0.103. The number of amides is 1. The Balaban J connectivity index is 2.44. The third-order valence-corrected chi connectivity index (χ3v) is 2.20. The first kappa shape index (κ1) is 17.0. The van der Waals surface area contributed by atoms with Gasteiger partial charge >= 0.3 is 12.1 Å². The highest BCUT2D eigenvalue weighted by Gasteiger charge is 2.30. The number of Topliss-reactive ketones (excluding diaryl/α,β-unsaturated/α-hetero) is 1. The first-order chi connectivity index (χ1) is 9.47. The summed E-state index contributed by atoms with van der Waals surface area (Å²) in [6.07, 6.45) is 0.347. The summed E-state index contributed by atoms with van der Waals surface area (Å²) >= 11 is 0. The lowest BCUT2D eigenvalue weighted by Crippen LogP contribution is -2.37. The molecule has 7 heteroatoms. The molecule has 0 saturated heterocycles. The molecule has 1 heterocycles. The Morgan fingerprint density at radius 1 is 1.29 bits per heavy atom. The Morgan fingerprint density at radius 3 is 2.43 bits per heavy atom. The van der Waals surface area contributed by atoms with Crippen molar-refractivity contribution in [2.45, 2.75) is 52.4 Å². The fraction of sp³-hybridized carbons (Fsp3) is 0.643. The summed E-state index contributed by atoms with van der Waals surface area (Å²) in [5.74, 6) is -1.75. The molecule has 0 aromatic heterocycles. The molecule has 1 aliphatic rings. The van der Waals surface area contributed by atoms with Crippen molar-refractivity contribution in [1.82, 2.24) is 5.32 Å². The minimum Gasteiger partial charge on any atom is -0.456 e. The van der Waals surface area contributed by atoms with Gasteiger partial charge in [-0.25, -0.2) is 9.59 Å². The number of ether oxygens (including phenoxy) is 3. The zero-order valence-corrected chi connectivity index (χ0v) is 12.9. The Kier molecular flexibility index (Phi) is 4.98. The zero-order valence-electron chi connectivity index (χ0n) is 12.9. The van der Waals surface area contributed by atoms with Crippen LogP contribution in [0.25, 0.3) is 0 Å². The maximum Gasteiger partial charge on any atom is 0.408 e. The predicted octanol–water partition coefficient (Wildman–Crippen LogP) is 1.66. The molecular weight excluding hydrogens is 278 g/mol. The third-order valence-electron chi connectivity index (χ3n) is 2.20. The van der Waals surface area contributed by atoms with Crippen molar-refractivity contribution in [2.24, 2.45) is 0 Å². The van der Waals surface area contributed by atoms with Gasteiger partial charge in [0.2, 0.25) is 5.79 Å². The summed E-state index contributed by atoms with van der Waals surface area (Å²) < 4.78 is 15.3. The molecule has 7 nitrogen and oxygen atoms in total. The zero-order chi connectivity index (χ0) is 16.3. The van der Waals surface area contributed by atoms with Crippen molar-refractivity contribution in [2.75, 3.05) is 6.54 Å². The number of alkyl carbamates (subject to hydrolysis) is 1. The van der Waals surface area contributed by atoms with E-state index in [-0.39, 0.29) is 24.5 Å². The van der Waals surface area contributed by atoms with Gasteiger partial charge in [-0.15, -0.1) is 0 Å². The van der Waals surface area contributed by atoms with Crippen molar-refractivity contribution in [3.8, 4) is 0 Å². The fourth-order valence-corrected chi connectivity index (χ4v) is 1.60. The van der Waals surface area contributed by atoms with E-state index in [2.05, 4.69) is 5.32 Å². The van der Waals surface area contributed by atoms with Crippen molar-refractivity contribution in [1.29, 1.82) is 0 Å². The van der Waals surface area contributed by atoms with E-state index in [4.69, 9.17) is 14.2 Å². The summed E-state index contributed by atoms with van der Waals surface area (Å²) in [6, 6.07) is 0. The molecular formula is C14H21NO6. The van der Waals surface area contributed by atoms with Gasteiger partial charge in [-0.2, -0.15) is 0 Å². The fourth-order valence-electron chi connectivity index (χ4n) is 1.60. The van der Waals surface area contributed by atoms with Gasteiger partial charge in [0.15, 0.2) is 5.78 Å².